The van der Waals surface area contributed by atoms with Gasteiger partial charge in [0.25, 0.3) is 0 Å². The molecule has 0 radical (unpaired) electrons. The lowest BCUT2D eigenvalue weighted by Crippen LogP contribution is -2.44. The van der Waals surface area contributed by atoms with Gasteiger partial charge in [0.15, 0.2) is 0 Å². The van der Waals surface area contributed by atoms with Crippen molar-refractivity contribution in [1.82, 2.24) is 15.5 Å². The second kappa shape index (κ2) is 10.1. The number of hydrogen-bond acceptors (Lipinski definition) is 5. The van der Waals surface area contributed by atoms with E-state index in [2.05, 4.69) is 17.2 Å². The Hall–Kier alpha value is -1.89. The molecule has 3 amide bonds. The Morgan fingerprint density at radius 2 is 2.05 bits per heavy atom. The quantitative estimate of drug-likeness (QED) is 0.475. The third kappa shape index (κ3) is 9.78. The van der Waals surface area contributed by atoms with Crippen molar-refractivity contribution in [2.24, 2.45) is 0 Å². The fourth-order valence-corrected chi connectivity index (χ4v) is 1.21. The molecule has 0 atom stereocenters. The maximum Gasteiger partial charge on any atom is 0.321 e. The molecule has 0 unspecified atom stereocenters. The van der Waals surface area contributed by atoms with Crippen LogP contribution in [0.25, 0.3) is 0 Å². The molecular formula is C12H21N3O4. The van der Waals surface area contributed by atoms with Crippen LogP contribution >= 0.6 is 0 Å². The molecule has 0 aromatic heterocycles. The van der Waals surface area contributed by atoms with Gasteiger partial charge in [0.1, 0.15) is 0 Å². The minimum atomic E-state index is -0.566. The molecule has 7 heteroatoms. The van der Waals surface area contributed by atoms with Crippen molar-refractivity contribution in [1.29, 1.82) is 0 Å². The van der Waals surface area contributed by atoms with Gasteiger partial charge >= 0.3 is 12.0 Å². The van der Waals surface area contributed by atoms with Gasteiger partial charge in [-0.2, -0.15) is 0 Å². The number of amides is 3. The van der Waals surface area contributed by atoms with Crippen LogP contribution in [0.3, 0.4) is 0 Å². The van der Waals surface area contributed by atoms with Crippen LogP contribution in [0.15, 0.2) is 12.7 Å². The lowest BCUT2D eigenvalue weighted by molar-refractivity contribution is -0.143. The molecule has 0 aromatic carbocycles. The average molecular weight is 271 g/mol. The van der Waals surface area contributed by atoms with E-state index in [9.17, 15) is 14.4 Å². The largest absolute Gasteiger partial charge is 0.466 e. The third-order valence-electron chi connectivity index (χ3n) is 2.08. The molecule has 0 saturated carbocycles. The first kappa shape index (κ1) is 17.1. The Morgan fingerprint density at radius 1 is 1.37 bits per heavy atom. The van der Waals surface area contributed by atoms with Gasteiger partial charge in [-0.25, -0.2) is 4.79 Å². The van der Waals surface area contributed by atoms with E-state index in [1.807, 2.05) is 0 Å². The molecule has 0 aliphatic rings. The van der Waals surface area contributed by atoms with Gasteiger partial charge in [0.05, 0.1) is 19.6 Å². The van der Waals surface area contributed by atoms with Crippen LogP contribution in [0.2, 0.25) is 0 Å². The number of likely N-dealkylation sites (N-methyl/N-ethyl adjacent to an activating group) is 1. The maximum absolute atomic E-state index is 11.4. The lowest BCUT2D eigenvalue weighted by atomic mass is 10.4. The van der Waals surface area contributed by atoms with Crippen molar-refractivity contribution in [2.45, 2.75) is 13.3 Å². The Bertz CT molecular complexity index is 331. The summed E-state index contributed by atoms with van der Waals surface area (Å²) in [6.45, 7) is 6.22. The summed E-state index contributed by atoms with van der Waals surface area (Å²) in [4.78, 5) is 35.3. The maximum atomic E-state index is 11.4. The fraction of sp³-hybridized carbons (Fsp3) is 0.583. The molecule has 0 aromatic rings. The molecule has 0 aliphatic carbocycles. The number of rotatable bonds is 8. The van der Waals surface area contributed by atoms with E-state index >= 15 is 0 Å². The predicted molar refractivity (Wildman–Crippen MR) is 70.5 cm³/mol. The first-order valence-corrected chi connectivity index (χ1v) is 6.02. The molecule has 0 rings (SSSR count). The van der Waals surface area contributed by atoms with Crippen LogP contribution in [0, 0.1) is 0 Å². The van der Waals surface area contributed by atoms with Gasteiger partial charge in [0.2, 0.25) is 5.91 Å². The first-order valence-electron chi connectivity index (χ1n) is 6.02. The number of esters is 1. The molecule has 0 spiro atoms. The normalized spacial score (nSPS) is 9.84. The van der Waals surface area contributed by atoms with Gasteiger partial charge in [-0.3, -0.25) is 19.8 Å². The minimum Gasteiger partial charge on any atom is -0.466 e. The summed E-state index contributed by atoms with van der Waals surface area (Å²) in [6, 6.07) is -0.566. The Labute approximate surface area is 113 Å². The summed E-state index contributed by atoms with van der Waals surface area (Å²) in [5.41, 5.74) is 0. The average Bonchev–Trinajstić information content (AvgIpc) is 2.34. The van der Waals surface area contributed by atoms with E-state index in [-0.39, 0.29) is 25.5 Å². The van der Waals surface area contributed by atoms with E-state index in [0.29, 0.717) is 13.2 Å². The SMILES string of the molecule is C=CCNC(=O)NC(=O)CN(C)CCC(=O)OCC. The molecule has 2 N–H and O–H groups in total. The van der Waals surface area contributed by atoms with Crippen LogP contribution in [-0.2, 0) is 14.3 Å². The van der Waals surface area contributed by atoms with Crippen molar-refractivity contribution < 1.29 is 19.1 Å². The van der Waals surface area contributed by atoms with Crippen LogP contribution in [0.5, 0.6) is 0 Å². The highest BCUT2D eigenvalue weighted by molar-refractivity contribution is 5.95. The van der Waals surface area contributed by atoms with Crippen molar-refractivity contribution in [2.75, 3.05) is 33.3 Å². The molecule has 19 heavy (non-hydrogen) atoms. The summed E-state index contributed by atoms with van der Waals surface area (Å²) >= 11 is 0. The van der Waals surface area contributed by atoms with Crippen molar-refractivity contribution in [3.05, 3.63) is 12.7 Å². The summed E-state index contributed by atoms with van der Waals surface area (Å²) < 4.78 is 4.77. The standard InChI is InChI=1S/C12H21N3O4/c1-4-7-13-12(18)14-10(16)9-15(3)8-6-11(17)19-5-2/h4H,1,5-9H2,2-3H3,(H2,13,14,16,18). The number of hydrogen-bond donors (Lipinski definition) is 2. The van der Waals surface area contributed by atoms with Crippen molar-refractivity contribution in [3.8, 4) is 0 Å². The third-order valence-corrected chi connectivity index (χ3v) is 2.08. The molecule has 0 aliphatic heterocycles. The smallest absolute Gasteiger partial charge is 0.321 e. The lowest BCUT2D eigenvalue weighted by Gasteiger charge is -2.15. The zero-order chi connectivity index (χ0) is 14.7. The Kier molecular flexibility index (Phi) is 9.07. The topological polar surface area (TPSA) is 87.7 Å². The zero-order valence-electron chi connectivity index (χ0n) is 11.4. The van der Waals surface area contributed by atoms with Gasteiger partial charge < -0.3 is 10.1 Å². The first-order chi connectivity index (χ1) is 8.99. The number of carbonyl (C=O) groups excluding carboxylic acids is 3. The van der Waals surface area contributed by atoms with E-state index < -0.39 is 11.9 Å². The highest BCUT2D eigenvalue weighted by atomic mass is 16.5. The van der Waals surface area contributed by atoms with Crippen LogP contribution in [0.1, 0.15) is 13.3 Å². The number of carbonyl (C=O) groups is 3. The summed E-state index contributed by atoms with van der Waals surface area (Å²) in [5.74, 6) is -0.744. The highest BCUT2D eigenvalue weighted by Gasteiger charge is 2.11. The highest BCUT2D eigenvalue weighted by Crippen LogP contribution is 1.91. The Balaban J connectivity index is 3.82. The molecule has 0 heterocycles. The molecule has 7 nitrogen and oxygen atoms in total. The number of ether oxygens (including phenoxy) is 1. The van der Waals surface area contributed by atoms with Gasteiger partial charge in [-0.1, -0.05) is 6.08 Å². The molecule has 108 valence electrons. The van der Waals surface area contributed by atoms with E-state index in [1.54, 1.807) is 18.9 Å². The van der Waals surface area contributed by atoms with Gasteiger partial charge in [-0.15, -0.1) is 6.58 Å². The number of urea groups is 1. The molecule has 0 saturated heterocycles. The van der Waals surface area contributed by atoms with Crippen LogP contribution in [0.4, 0.5) is 4.79 Å². The zero-order valence-corrected chi connectivity index (χ0v) is 11.4. The summed E-state index contributed by atoms with van der Waals surface area (Å²) in [5, 5.41) is 4.59. The number of nitrogens with one attached hydrogen (secondary N) is 2. The summed E-state index contributed by atoms with van der Waals surface area (Å²) in [7, 11) is 1.68. The van der Waals surface area contributed by atoms with Crippen LogP contribution < -0.4 is 10.6 Å². The van der Waals surface area contributed by atoms with E-state index in [0.717, 1.165) is 0 Å². The molecular weight excluding hydrogens is 250 g/mol. The summed E-state index contributed by atoms with van der Waals surface area (Å²) in [6.07, 6.45) is 1.72. The van der Waals surface area contributed by atoms with Crippen molar-refractivity contribution in [3.63, 3.8) is 0 Å². The van der Waals surface area contributed by atoms with Gasteiger partial charge in [-0.05, 0) is 14.0 Å². The van der Waals surface area contributed by atoms with Gasteiger partial charge in [0, 0.05) is 13.1 Å². The monoisotopic (exact) mass is 271 g/mol. The number of nitrogens with zero attached hydrogens (tertiary/aromatic N) is 1. The van der Waals surface area contributed by atoms with E-state index in [4.69, 9.17) is 4.74 Å². The fourth-order valence-electron chi connectivity index (χ4n) is 1.21. The molecule has 0 fully saturated rings. The Morgan fingerprint density at radius 3 is 2.63 bits per heavy atom. The molecule has 0 bridgehead atoms. The van der Waals surface area contributed by atoms with Crippen molar-refractivity contribution >= 4 is 17.9 Å². The second-order valence-corrected chi connectivity index (χ2v) is 3.84. The second-order valence-electron chi connectivity index (χ2n) is 3.84. The van der Waals surface area contributed by atoms with Crippen LogP contribution in [-0.4, -0.2) is 56.1 Å². The minimum absolute atomic E-state index is 0.0287. The van der Waals surface area contributed by atoms with E-state index in [1.165, 1.54) is 6.08 Å². The predicted octanol–water partition coefficient (Wildman–Crippen LogP) is -0.117. The number of imide groups is 1.